The standard InChI is InChI=1S/C10H11N5O/c1-5(6-2-7(6)16)15-4-14-8-9(11)12-3-13-10(8)15/h3-4,7,16H,2H2,1H3,(H2,11,12,13). The fourth-order valence-electron chi connectivity index (χ4n) is 1.79. The van der Waals surface area contributed by atoms with Crippen LogP contribution in [0.4, 0.5) is 5.82 Å². The largest absolute Gasteiger partial charge is 0.388 e. The van der Waals surface area contributed by atoms with Gasteiger partial charge in [-0.1, -0.05) is 0 Å². The van der Waals surface area contributed by atoms with Gasteiger partial charge in [-0.05, 0) is 12.5 Å². The highest BCUT2D eigenvalue weighted by Gasteiger charge is 2.30. The highest BCUT2D eigenvalue weighted by atomic mass is 16.3. The lowest BCUT2D eigenvalue weighted by molar-refractivity contribution is 0.290. The second kappa shape index (κ2) is 3.02. The molecule has 1 unspecified atom stereocenters. The van der Waals surface area contributed by atoms with E-state index in [0.717, 1.165) is 17.7 Å². The Morgan fingerprint density at radius 1 is 1.50 bits per heavy atom. The van der Waals surface area contributed by atoms with Crippen molar-refractivity contribution in [1.82, 2.24) is 19.5 Å². The van der Waals surface area contributed by atoms with Gasteiger partial charge in [-0.3, -0.25) is 4.57 Å². The van der Waals surface area contributed by atoms with Crippen molar-refractivity contribution in [2.75, 3.05) is 5.73 Å². The van der Waals surface area contributed by atoms with Crippen LogP contribution in [0.3, 0.4) is 0 Å². The van der Waals surface area contributed by atoms with Crippen LogP contribution in [0.15, 0.2) is 18.2 Å². The van der Waals surface area contributed by atoms with E-state index in [4.69, 9.17) is 5.73 Å². The number of aliphatic hydroxyl groups is 1. The molecule has 1 saturated carbocycles. The Morgan fingerprint density at radius 2 is 2.25 bits per heavy atom. The number of hydrogen-bond acceptors (Lipinski definition) is 5. The van der Waals surface area contributed by atoms with Crippen LogP contribution in [0.2, 0.25) is 0 Å². The fraction of sp³-hybridized carbons (Fsp3) is 0.300. The first-order valence-corrected chi connectivity index (χ1v) is 5.00. The van der Waals surface area contributed by atoms with Gasteiger partial charge >= 0.3 is 0 Å². The molecule has 2 aromatic heterocycles. The maximum Gasteiger partial charge on any atom is 0.169 e. The molecule has 0 amide bonds. The minimum Gasteiger partial charge on any atom is -0.388 e. The lowest BCUT2D eigenvalue weighted by Gasteiger charge is -2.02. The summed E-state index contributed by atoms with van der Waals surface area (Å²) >= 11 is 0. The maximum atomic E-state index is 9.37. The Kier molecular flexibility index (Phi) is 1.75. The van der Waals surface area contributed by atoms with Crippen LogP contribution >= 0.6 is 0 Å². The molecule has 0 bridgehead atoms. The van der Waals surface area contributed by atoms with Gasteiger partial charge in [0.2, 0.25) is 0 Å². The monoisotopic (exact) mass is 217 g/mol. The molecule has 0 spiro atoms. The second-order valence-electron chi connectivity index (χ2n) is 3.88. The molecule has 6 nitrogen and oxygen atoms in total. The number of aliphatic hydroxyl groups excluding tert-OH is 1. The van der Waals surface area contributed by atoms with Gasteiger partial charge in [0.15, 0.2) is 17.0 Å². The molecule has 2 aromatic rings. The molecule has 1 aliphatic rings. The molecule has 0 saturated heterocycles. The molecular weight excluding hydrogens is 206 g/mol. The van der Waals surface area contributed by atoms with Crippen molar-refractivity contribution in [1.29, 1.82) is 0 Å². The number of nitrogen functional groups attached to an aromatic ring is 1. The third-order valence-electron chi connectivity index (χ3n) is 2.84. The van der Waals surface area contributed by atoms with Crippen molar-refractivity contribution < 1.29 is 5.11 Å². The highest BCUT2D eigenvalue weighted by Crippen LogP contribution is 2.35. The van der Waals surface area contributed by atoms with E-state index in [-0.39, 0.29) is 6.10 Å². The Labute approximate surface area is 91.5 Å². The zero-order chi connectivity index (χ0) is 11.3. The first-order chi connectivity index (χ1) is 7.68. The van der Waals surface area contributed by atoms with Gasteiger partial charge in [-0.2, -0.15) is 0 Å². The number of nitrogens with two attached hydrogens (primary N) is 1. The van der Waals surface area contributed by atoms with Gasteiger partial charge in [-0.15, -0.1) is 0 Å². The summed E-state index contributed by atoms with van der Waals surface area (Å²) in [6, 6.07) is 0. The Morgan fingerprint density at radius 3 is 2.94 bits per heavy atom. The molecule has 6 heteroatoms. The average molecular weight is 217 g/mol. The summed E-state index contributed by atoms with van der Waals surface area (Å²) < 4.78 is 1.83. The van der Waals surface area contributed by atoms with E-state index < -0.39 is 0 Å². The van der Waals surface area contributed by atoms with Crippen molar-refractivity contribution in [3.8, 4) is 0 Å². The van der Waals surface area contributed by atoms with Crippen LogP contribution in [0, 0.1) is 0 Å². The molecule has 2 heterocycles. The molecular formula is C10H11N5O. The van der Waals surface area contributed by atoms with Gasteiger partial charge in [0, 0.05) is 12.1 Å². The SMILES string of the molecule is CC(=C1CC1O)n1cnc2c(N)ncnc21. The van der Waals surface area contributed by atoms with E-state index in [1.165, 1.54) is 6.33 Å². The second-order valence-corrected chi connectivity index (χ2v) is 3.88. The van der Waals surface area contributed by atoms with E-state index in [9.17, 15) is 5.11 Å². The summed E-state index contributed by atoms with van der Waals surface area (Å²) in [6.07, 6.45) is 3.49. The number of hydrogen-bond donors (Lipinski definition) is 2. The number of rotatable bonds is 1. The number of anilines is 1. The number of nitrogens with zero attached hydrogens (tertiary/aromatic N) is 4. The zero-order valence-electron chi connectivity index (χ0n) is 8.75. The highest BCUT2D eigenvalue weighted by molar-refractivity contribution is 5.84. The molecule has 82 valence electrons. The molecule has 16 heavy (non-hydrogen) atoms. The van der Waals surface area contributed by atoms with Gasteiger partial charge in [0.05, 0.1) is 6.10 Å². The first kappa shape index (κ1) is 9.29. The minimum absolute atomic E-state index is 0.309. The first-order valence-electron chi connectivity index (χ1n) is 5.00. The van der Waals surface area contributed by atoms with E-state index >= 15 is 0 Å². The van der Waals surface area contributed by atoms with Crippen LogP contribution in [-0.2, 0) is 0 Å². The van der Waals surface area contributed by atoms with Crippen molar-refractivity contribution in [3.63, 3.8) is 0 Å². The number of fused-ring (bicyclic) bond motifs is 1. The van der Waals surface area contributed by atoms with Crippen LogP contribution in [-0.4, -0.2) is 30.7 Å². The van der Waals surface area contributed by atoms with Crippen LogP contribution in [0.1, 0.15) is 13.3 Å². The Balaban J connectivity index is 2.23. The van der Waals surface area contributed by atoms with E-state index in [1.54, 1.807) is 6.33 Å². The van der Waals surface area contributed by atoms with Crippen LogP contribution < -0.4 is 5.73 Å². The van der Waals surface area contributed by atoms with Gasteiger partial charge < -0.3 is 10.8 Å². The third-order valence-corrected chi connectivity index (χ3v) is 2.84. The predicted molar refractivity (Wildman–Crippen MR) is 59.2 cm³/mol. The van der Waals surface area contributed by atoms with Gasteiger partial charge in [0.25, 0.3) is 0 Å². The summed E-state index contributed by atoms with van der Waals surface area (Å²) in [5.74, 6) is 0.373. The predicted octanol–water partition coefficient (Wildman–Crippen LogP) is 0.404. The lowest BCUT2D eigenvalue weighted by Crippen LogP contribution is -1.97. The molecule has 3 rings (SSSR count). The summed E-state index contributed by atoms with van der Waals surface area (Å²) in [4.78, 5) is 12.2. The quantitative estimate of drug-likeness (QED) is 0.721. The summed E-state index contributed by atoms with van der Waals surface area (Å²) in [6.45, 7) is 1.94. The molecule has 0 radical (unpaired) electrons. The molecule has 3 N–H and O–H groups in total. The summed E-state index contributed by atoms with van der Waals surface area (Å²) in [5.41, 5.74) is 8.96. The molecule has 1 fully saturated rings. The fourth-order valence-corrected chi connectivity index (χ4v) is 1.79. The summed E-state index contributed by atoms with van der Waals surface area (Å²) in [5, 5.41) is 9.37. The van der Waals surface area contributed by atoms with Crippen LogP contribution in [0.25, 0.3) is 16.9 Å². The Hall–Kier alpha value is -1.95. The van der Waals surface area contributed by atoms with Crippen molar-refractivity contribution >= 4 is 22.7 Å². The van der Waals surface area contributed by atoms with E-state index in [1.807, 2.05) is 11.5 Å². The van der Waals surface area contributed by atoms with Gasteiger partial charge in [0.1, 0.15) is 12.7 Å². The normalized spacial score (nSPS) is 22.5. The van der Waals surface area contributed by atoms with Crippen molar-refractivity contribution in [2.45, 2.75) is 19.4 Å². The van der Waals surface area contributed by atoms with Crippen molar-refractivity contribution in [2.24, 2.45) is 0 Å². The number of imidazole rings is 1. The van der Waals surface area contributed by atoms with E-state index in [2.05, 4.69) is 15.0 Å². The molecule has 0 aliphatic heterocycles. The average Bonchev–Trinajstić information content (AvgIpc) is 2.83. The number of aromatic nitrogens is 4. The zero-order valence-corrected chi connectivity index (χ0v) is 8.75. The van der Waals surface area contributed by atoms with Crippen molar-refractivity contribution in [3.05, 3.63) is 18.2 Å². The van der Waals surface area contributed by atoms with E-state index in [0.29, 0.717) is 17.0 Å². The molecule has 1 atom stereocenters. The van der Waals surface area contributed by atoms with Crippen LogP contribution in [0.5, 0.6) is 0 Å². The molecule has 1 aliphatic carbocycles. The maximum absolute atomic E-state index is 9.37. The third kappa shape index (κ3) is 1.20. The molecule has 0 aromatic carbocycles. The minimum atomic E-state index is -0.309. The Bertz CT molecular complexity index is 600. The topological polar surface area (TPSA) is 89.8 Å². The van der Waals surface area contributed by atoms with Gasteiger partial charge in [-0.25, -0.2) is 15.0 Å². The smallest absolute Gasteiger partial charge is 0.169 e. The lowest BCUT2D eigenvalue weighted by atomic mass is 10.4. The summed E-state index contributed by atoms with van der Waals surface area (Å²) in [7, 11) is 0. The number of allylic oxidation sites excluding steroid dienone is 1.